The lowest BCUT2D eigenvalue weighted by Gasteiger charge is -2.42. The Kier molecular flexibility index (Phi) is 5.22. The second-order valence-electron chi connectivity index (χ2n) is 8.88. The third-order valence-corrected chi connectivity index (χ3v) is 6.46. The molecule has 0 spiro atoms. The third-order valence-electron chi connectivity index (χ3n) is 6.46. The number of aromatic nitrogens is 2. The summed E-state index contributed by atoms with van der Waals surface area (Å²) < 4.78 is 5.95. The van der Waals surface area contributed by atoms with E-state index in [1.165, 1.54) is 12.5 Å². The molecule has 0 saturated heterocycles. The van der Waals surface area contributed by atoms with Gasteiger partial charge in [-0.1, -0.05) is 20.8 Å². The van der Waals surface area contributed by atoms with Crippen molar-refractivity contribution in [3.05, 3.63) is 18.2 Å². The number of nitrogens with two attached hydrogens (primary N) is 1. The van der Waals surface area contributed by atoms with Crippen molar-refractivity contribution in [1.82, 2.24) is 15.3 Å². The number of fused-ring (bicyclic) bond motifs is 2. The number of aliphatic carboxylic acids is 1. The van der Waals surface area contributed by atoms with Crippen molar-refractivity contribution in [3.8, 4) is 0 Å². The molecular weight excluding hydrogens is 364 g/mol. The van der Waals surface area contributed by atoms with Crippen LogP contribution in [-0.2, 0) is 19.1 Å². The zero-order chi connectivity index (χ0) is 20.7. The molecule has 2 aliphatic rings. The molecule has 0 radical (unpaired) electrons. The van der Waals surface area contributed by atoms with Crippen molar-refractivity contribution in [1.29, 1.82) is 0 Å². The average Bonchev–Trinajstić information content (AvgIpc) is 3.29. The third kappa shape index (κ3) is 3.63. The fraction of sp³-hybridized carbons (Fsp3) is 0.684. The Balaban J connectivity index is 1.77. The highest BCUT2D eigenvalue weighted by Crippen LogP contribution is 2.63. The van der Waals surface area contributed by atoms with Crippen LogP contribution in [-0.4, -0.2) is 45.1 Å². The van der Waals surface area contributed by atoms with Gasteiger partial charge >= 0.3 is 11.9 Å². The summed E-state index contributed by atoms with van der Waals surface area (Å²) in [4.78, 5) is 42.9. The zero-order valence-electron chi connectivity index (χ0n) is 16.4. The number of aromatic amines is 1. The van der Waals surface area contributed by atoms with Crippen LogP contribution in [0.1, 0.15) is 58.2 Å². The predicted octanol–water partition coefficient (Wildman–Crippen LogP) is 1.13. The zero-order valence-corrected chi connectivity index (χ0v) is 16.4. The summed E-state index contributed by atoms with van der Waals surface area (Å²) in [5, 5.41) is 11.3. The van der Waals surface area contributed by atoms with Crippen LogP contribution in [0.4, 0.5) is 0 Å². The van der Waals surface area contributed by atoms with Gasteiger partial charge in [0.25, 0.3) is 0 Å². The second-order valence-corrected chi connectivity index (χ2v) is 8.88. The number of esters is 1. The smallest absolute Gasteiger partial charge is 0.335 e. The van der Waals surface area contributed by atoms with E-state index in [0.717, 1.165) is 19.3 Å². The first-order chi connectivity index (χ1) is 13.0. The maximum Gasteiger partial charge on any atom is 0.335 e. The fourth-order valence-corrected chi connectivity index (χ4v) is 4.95. The Morgan fingerprint density at radius 3 is 2.68 bits per heavy atom. The molecule has 2 aliphatic carbocycles. The molecule has 5 atom stereocenters. The van der Waals surface area contributed by atoms with Crippen LogP contribution >= 0.6 is 0 Å². The van der Waals surface area contributed by atoms with Crippen molar-refractivity contribution in [2.24, 2.45) is 22.5 Å². The summed E-state index contributed by atoms with van der Waals surface area (Å²) >= 11 is 0. The van der Waals surface area contributed by atoms with Crippen molar-refractivity contribution in [2.45, 2.75) is 64.6 Å². The number of hydrogen-bond acceptors (Lipinski definition) is 6. The first-order valence-corrected chi connectivity index (χ1v) is 9.51. The van der Waals surface area contributed by atoms with E-state index in [1.807, 2.05) is 0 Å². The Hall–Kier alpha value is -2.42. The number of ether oxygens (including phenoxy) is 1. The molecule has 1 heterocycles. The first kappa shape index (κ1) is 20.3. The van der Waals surface area contributed by atoms with Gasteiger partial charge in [-0.2, -0.15) is 0 Å². The number of imidazole rings is 1. The molecule has 1 aromatic rings. The molecule has 2 saturated carbocycles. The summed E-state index contributed by atoms with van der Waals surface area (Å²) in [6.07, 6.45) is 5.16. The molecule has 1 aromatic heterocycles. The Morgan fingerprint density at radius 2 is 2.14 bits per heavy atom. The molecule has 9 heteroatoms. The van der Waals surface area contributed by atoms with Gasteiger partial charge in [-0.15, -0.1) is 0 Å². The van der Waals surface area contributed by atoms with Crippen LogP contribution in [0.25, 0.3) is 0 Å². The summed E-state index contributed by atoms with van der Waals surface area (Å²) in [7, 11) is 0. The van der Waals surface area contributed by atoms with Crippen molar-refractivity contribution < 1.29 is 24.2 Å². The van der Waals surface area contributed by atoms with E-state index >= 15 is 0 Å². The number of carbonyl (C=O) groups is 3. The number of hydrogen-bond donors (Lipinski definition) is 4. The SMILES string of the molecule is CC12CCC(C1)C(C)(C)C2OC(=O)C(NC(=O)[C@@H](N)CC(=O)O)c1cnc[nH]1. The van der Waals surface area contributed by atoms with Gasteiger partial charge in [0, 0.05) is 10.8 Å². The summed E-state index contributed by atoms with van der Waals surface area (Å²) in [6, 6.07) is -2.40. The van der Waals surface area contributed by atoms with E-state index in [2.05, 4.69) is 36.1 Å². The summed E-state index contributed by atoms with van der Waals surface area (Å²) in [6.45, 7) is 6.38. The molecule has 2 fully saturated rings. The number of amides is 1. The molecule has 3 rings (SSSR count). The fourth-order valence-electron chi connectivity index (χ4n) is 4.95. The minimum atomic E-state index is -1.27. The van der Waals surface area contributed by atoms with Crippen LogP contribution in [0.2, 0.25) is 0 Å². The molecule has 5 N–H and O–H groups in total. The standard InChI is InChI=1S/C19H28N4O5/c1-18(2)10-4-5-19(3,7-10)17(18)28-16(27)14(12-8-21-9-22-12)23-15(26)11(20)6-13(24)25/h8-11,14,17H,4-7,20H2,1-3H3,(H,21,22)(H,23,26)(H,24,25)/t10?,11-,14?,17?,19?/m0/s1. The van der Waals surface area contributed by atoms with E-state index in [-0.39, 0.29) is 16.9 Å². The Labute approximate surface area is 163 Å². The maximum absolute atomic E-state index is 13.0. The van der Waals surface area contributed by atoms with Crippen LogP contribution in [0.15, 0.2) is 12.5 Å². The molecule has 1 amide bonds. The highest BCUT2D eigenvalue weighted by atomic mass is 16.5. The Morgan fingerprint density at radius 1 is 1.43 bits per heavy atom. The molecule has 4 unspecified atom stereocenters. The van der Waals surface area contributed by atoms with Crippen LogP contribution < -0.4 is 11.1 Å². The summed E-state index contributed by atoms with van der Waals surface area (Å²) in [5.41, 5.74) is 5.75. The Bertz CT molecular complexity index is 758. The monoisotopic (exact) mass is 392 g/mol. The molecular formula is C19H28N4O5. The van der Waals surface area contributed by atoms with Gasteiger partial charge < -0.3 is 25.9 Å². The van der Waals surface area contributed by atoms with Gasteiger partial charge in [0.2, 0.25) is 5.91 Å². The number of nitrogens with zero attached hydrogens (tertiary/aromatic N) is 1. The molecule has 9 nitrogen and oxygen atoms in total. The molecule has 0 aliphatic heterocycles. The number of nitrogens with one attached hydrogen (secondary N) is 2. The van der Waals surface area contributed by atoms with Crippen LogP contribution in [0, 0.1) is 16.7 Å². The normalized spacial score (nSPS) is 29.9. The van der Waals surface area contributed by atoms with Crippen LogP contribution in [0.3, 0.4) is 0 Å². The van der Waals surface area contributed by atoms with Crippen LogP contribution in [0.5, 0.6) is 0 Å². The lowest BCUT2D eigenvalue weighted by atomic mass is 9.70. The topological polar surface area (TPSA) is 147 Å². The lowest BCUT2D eigenvalue weighted by Crippen LogP contribution is -2.48. The number of H-pyrrole nitrogens is 1. The summed E-state index contributed by atoms with van der Waals surface area (Å²) in [5.74, 6) is -2.04. The minimum Gasteiger partial charge on any atom is -0.481 e. The van der Waals surface area contributed by atoms with Gasteiger partial charge in [0.05, 0.1) is 30.7 Å². The lowest BCUT2D eigenvalue weighted by molar-refractivity contribution is -0.168. The van der Waals surface area contributed by atoms with E-state index in [9.17, 15) is 14.4 Å². The largest absolute Gasteiger partial charge is 0.481 e. The minimum absolute atomic E-state index is 0.0773. The highest BCUT2D eigenvalue weighted by Gasteiger charge is 2.61. The number of rotatable bonds is 7. The van der Waals surface area contributed by atoms with Crippen molar-refractivity contribution >= 4 is 17.8 Å². The molecule has 2 bridgehead atoms. The predicted molar refractivity (Wildman–Crippen MR) is 98.8 cm³/mol. The van der Waals surface area contributed by atoms with Crippen molar-refractivity contribution in [2.75, 3.05) is 0 Å². The number of carbonyl (C=O) groups excluding carboxylic acids is 2. The number of carboxylic acid groups (broad SMARTS) is 1. The number of carboxylic acids is 1. The van der Waals surface area contributed by atoms with Gasteiger partial charge in [-0.3, -0.25) is 9.59 Å². The quantitative estimate of drug-likeness (QED) is 0.508. The molecule has 28 heavy (non-hydrogen) atoms. The van der Waals surface area contributed by atoms with Gasteiger partial charge in [-0.05, 0) is 25.2 Å². The van der Waals surface area contributed by atoms with Crippen molar-refractivity contribution in [3.63, 3.8) is 0 Å². The average molecular weight is 392 g/mol. The second kappa shape index (κ2) is 7.20. The van der Waals surface area contributed by atoms with E-state index in [1.54, 1.807) is 0 Å². The highest BCUT2D eigenvalue weighted by molar-refractivity contribution is 5.90. The molecule has 0 aromatic carbocycles. The van der Waals surface area contributed by atoms with E-state index in [4.69, 9.17) is 15.6 Å². The van der Waals surface area contributed by atoms with Gasteiger partial charge in [-0.25, -0.2) is 9.78 Å². The van der Waals surface area contributed by atoms with E-state index in [0.29, 0.717) is 11.6 Å². The van der Waals surface area contributed by atoms with E-state index < -0.39 is 36.4 Å². The van der Waals surface area contributed by atoms with Gasteiger partial charge in [0.1, 0.15) is 6.10 Å². The first-order valence-electron chi connectivity index (χ1n) is 9.51. The maximum atomic E-state index is 13.0. The van der Waals surface area contributed by atoms with Gasteiger partial charge in [0.15, 0.2) is 6.04 Å². The molecule has 154 valence electrons.